The molecule has 2 fully saturated rings. The summed E-state index contributed by atoms with van der Waals surface area (Å²) in [4.78, 5) is 11.7. The lowest BCUT2D eigenvalue weighted by atomic mass is 9.94. The lowest BCUT2D eigenvalue weighted by molar-refractivity contribution is 0.101. The highest BCUT2D eigenvalue weighted by Crippen LogP contribution is 2.31. The number of rotatable bonds is 3. The van der Waals surface area contributed by atoms with Crippen molar-refractivity contribution < 1.29 is 13.2 Å². The molecule has 0 spiro atoms. The first-order valence-electron chi connectivity index (χ1n) is 7.34. The van der Waals surface area contributed by atoms with Gasteiger partial charge in [0.2, 0.25) is 10.0 Å². The predicted molar refractivity (Wildman–Crippen MR) is 79.7 cm³/mol. The molecule has 0 aromatic heterocycles. The fraction of sp³-hybridized carbons (Fsp3) is 0.533. The summed E-state index contributed by atoms with van der Waals surface area (Å²) in [6.07, 6.45) is 1.98. The average molecular weight is 308 g/mol. The fourth-order valence-corrected chi connectivity index (χ4v) is 5.11. The van der Waals surface area contributed by atoms with Crippen LogP contribution in [-0.4, -0.2) is 44.2 Å². The van der Waals surface area contributed by atoms with Crippen molar-refractivity contribution >= 4 is 15.8 Å². The summed E-state index contributed by atoms with van der Waals surface area (Å²) >= 11 is 0. The molecule has 2 heterocycles. The largest absolute Gasteiger partial charge is 0.315 e. The lowest BCUT2D eigenvalue weighted by Gasteiger charge is -2.35. The van der Waals surface area contributed by atoms with Crippen molar-refractivity contribution in [3.63, 3.8) is 0 Å². The maximum absolute atomic E-state index is 12.9. The van der Waals surface area contributed by atoms with E-state index in [9.17, 15) is 13.2 Å². The van der Waals surface area contributed by atoms with Crippen LogP contribution in [0.4, 0.5) is 0 Å². The third-order valence-corrected chi connectivity index (χ3v) is 6.40. The minimum absolute atomic E-state index is 0.0461. The number of nitrogens with one attached hydrogen (secondary N) is 1. The van der Waals surface area contributed by atoms with Crippen molar-refractivity contribution in [1.82, 2.24) is 9.62 Å². The predicted octanol–water partition coefficient (Wildman–Crippen LogP) is 1.26. The number of hydrogen-bond acceptors (Lipinski definition) is 4. The summed E-state index contributed by atoms with van der Waals surface area (Å²) < 4.78 is 27.4. The zero-order valence-corrected chi connectivity index (χ0v) is 12.9. The summed E-state index contributed by atoms with van der Waals surface area (Å²) in [5.41, 5.74) is 0.439. The summed E-state index contributed by atoms with van der Waals surface area (Å²) in [6, 6.07) is 6.40. The van der Waals surface area contributed by atoms with Crippen LogP contribution in [0.3, 0.4) is 0 Å². The number of ketones is 1. The second-order valence-corrected chi connectivity index (χ2v) is 7.72. The molecule has 0 bridgehead atoms. The summed E-state index contributed by atoms with van der Waals surface area (Å²) in [5, 5.41) is 3.29. The molecular weight excluding hydrogens is 288 g/mol. The maximum Gasteiger partial charge on any atom is 0.243 e. The van der Waals surface area contributed by atoms with E-state index in [1.807, 2.05) is 0 Å². The minimum atomic E-state index is -3.53. The maximum atomic E-state index is 12.9. The number of fused-ring (bicyclic) bond motifs is 1. The van der Waals surface area contributed by atoms with Crippen molar-refractivity contribution in [2.24, 2.45) is 5.92 Å². The molecule has 2 aliphatic rings. The first-order valence-corrected chi connectivity index (χ1v) is 8.78. The molecule has 1 aromatic carbocycles. The zero-order chi connectivity index (χ0) is 15.0. The van der Waals surface area contributed by atoms with E-state index >= 15 is 0 Å². The fourth-order valence-electron chi connectivity index (χ4n) is 3.34. The van der Waals surface area contributed by atoms with E-state index in [1.165, 1.54) is 13.0 Å². The van der Waals surface area contributed by atoms with Gasteiger partial charge in [-0.25, -0.2) is 8.42 Å². The van der Waals surface area contributed by atoms with Gasteiger partial charge in [0.15, 0.2) is 5.78 Å². The quantitative estimate of drug-likeness (QED) is 0.854. The Hall–Kier alpha value is -1.24. The van der Waals surface area contributed by atoms with Crippen molar-refractivity contribution in [1.29, 1.82) is 0 Å². The smallest absolute Gasteiger partial charge is 0.243 e. The number of benzene rings is 1. The Morgan fingerprint density at radius 1 is 1.33 bits per heavy atom. The molecule has 0 saturated carbocycles. The van der Waals surface area contributed by atoms with Crippen LogP contribution in [0.5, 0.6) is 0 Å². The van der Waals surface area contributed by atoms with E-state index < -0.39 is 10.0 Å². The number of carbonyl (C=O) groups is 1. The van der Waals surface area contributed by atoms with Crippen LogP contribution in [-0.2, 0) is 10.0 Å². The second-order valence-electron chi connectivity index (χ2n) is 5.83. The number of carbonyl (C=O) groups excluding carboxylic acids is 1. The van der Waals surface area contributed by atoms with Crippen molar-refractivity contribution in [3.8, 4) is 0 Å². The summed E-state index contributed by atoms with van der Waals surface area (Å²) in [5.74, 6) is 0.288. The molecule has 3 rings (SSSR count). The number of hydrogen-bond donors (Lipinski definition) is 1. The summed E-state index contributed by atoms with van der Waals surface area (Å²) in [6.45, 7) is 3.62. The van der Waals surface area contributed by atoms with Gasteiger partial charge in [0.1, 0.15) is 0 Å². The van der Waals surface area contributed by atoms with Gasteiger partial charge in [0.05, 0.1) is 4.90 Å². The molecule has 6 heteroatoms. The number of Topliss-reactive ketones (excluding diaryl/α,β-unsaturated/α-hetero) is 1. The monoisotopic (exact) mass is 308 g/mol. The third kappa shape index (κ3) is 2.63. The van der Waals surface area contributed by atoms with Crippen molar-refractivity contribution in [2.75, 3.05) is 19.6 Å². The van der Waals surface area contributed by atoms with E-state index in [4.69, 9.17) is 0 Å². The first kappa shape index (κ1) is 14.7. The van der Waals surface area contributed by atoms with E-state index in [0.717, 1.165) is 25.9 Å². The normalized spacial score (nSPS) is 26.5. The highest BCUT2D eigenvalue weighted by atomic mass is 32.2. The van der Waals surface area contributed by atoms with Crippen LogP contribution < -0.4 is 5.32 Å². The molecule has 5 nitrogen and oxygen atoms in total. The third-order valence-electron chi connectivity index (χ3n) is 4.47. The molecule has 2 unspecified atom stereocenters. The molecule has 114 valence electrons. The average Bonchev–Trinajstić information content (AvgIpc) is 2.95. The van der Waals surface area contributed by atoms with Gasteiger partial charge in [0.25, 0.3) is 0 Å². The van der Waals surface area contributed by atoms with E-state index in [-0.39, 0.29) is 16.7 Å². The van der Waals surface area contributed by atoms with Crippen LogP contribution in [0.15, 0.2) is 29.2 Å². The number of sulfonamides is 1. The lowest BCUT2D eigenvalue weighted by Crippen LogP contribution is -2.48. The van der Waals surface area contributed by atoms with Crippen LogP contribution in [0, 0.1) is 5.92 Å². The molecule has 21 heavy (non-hydrogen) atoms. The van der Waals surface area contributed by atoms with E-state index in [1.54, 1.807) is 22.5 Å². The molecule has 2 atom stereocenters. The molecule has 0 amide bonds. The van der Waals surface area contributed by atoms with Gasteiger partial charge in [-0.15, -0.1) is 0 Å². The Kier molecular flexibility index (Phi) is 3.86. The standard InChI is InChI=1S/C15H20N2O3S/c1-11(18)12-4-2-6-14(8-12)21(19,20)17-7-3-5-13-9-16-10-15(13)17/h2,4,6,8,13,15-16H,3,5,7,9-10H2,1H3. The van der Waals surface area contributed by atoms with Gasteiger partial charge in [-0.1, -0.05) is 12.1 Å². The summed E-state index contributed by atoms with van der Waals surface area (Å²) in [7, 11) is -3.53. The Morgan fingerprint density at radius 3 is 2.90 bits per heavy atom. The Balaban J connectivity index is 1.96. The molecule has 2 saturated heterocycles. The molecular formula is C15H20N2O3S. The van der Waals surface area contributed by atoms with Gasteiger partial charge >= 0.3 is 0 Å². The minimum Gasteiger partial charge on any atom is -0.315 e. The first-order chi connectivity index (χ1) is 10.00. The Labute approximate surface area is 125 Å². The Bertz CT molecular complexity index is 657. The van der Waals surface area contributed by atoms with Crippen molar-refractivity contribution in [2.45, 2.75) is 30.7 Å². The number of nitrogens with zero attached hydrogens (tertiary/aromatic N) is 1. The molecule has 1 N–H and O–H groups in total. The van der Waals surface area contributed by atoms with Gasteiger partial charge in [0, 0.05) is 24.7 Å². The highest BCUT2D eigenvalue weighted by molar-refractivity contribution is 7.89. The number of piperidine rings is 1. The zero-order valence-electron chi connectivity index (χ0n) is 12.1. The SMILES string of the molecule is CC(=O)c1cccc(S(=O)(=O)N2CCCC3CNCC32)c1. The van der Waals surface area contributed by atoms with Crippen LogP contribution in [0.2, 0.25) is 0 Å². The van der Waals surface area contributed by atoms with Crippen LogP contribution in [0.1, 0.15) is 30.1 Å². The molecule has 0 radical (unpaired) electrons. The molecule has 1 aromatic rings. The van der Waals surface area contributed by atoms with E-state index in [0.29, 0.717) is 18.0 Å². The van der Waals surface area contributed by atoms with Gasteiger partial charge in [-0.2, -0.15) is 4.31 Å². The van der Waals surface area contributed by atoms with Gasteiger partial charge in [-0.05, 0) is 44.4 Å². The topological polar surface area (TPSA) is 66.5 Å². The van der Waals surface area contributed by atoms with Gasteiger partial charge in [-0.3, -0.25) is 4.79 Å². The highest BCUT2D eigenvalue weighted by Gasteiger charge is 2.41. The molecule has 0 aliphatic carbocycles. The van der Waals surface area contributed by atoms with Gasteiger partial charge < -0.3 is 5.32 Å². The van der Waals surface area contributed by atoms with Crippen LogP contribution >= 0.6 is 0 Å². The second kappa shape index (κ2) is 5.51. The van der Waals surface area contributed by atoms with Crippen LogP contribution in [0.25, 0.3) is 0 Å². The molecule has 2 aliphatic heterocycles. The Morgan fingerprint density at radius 2 is 2.14 bits per heavy atom. The van der Waals surface area contributed by atoms with E-state index in [2.05, 4.69) is 5.32 Å². The van der Waals surface area contributed by atoms with Crippen molar-refractivity contribution in [3.05, 3.63) is 29.8 Å².